The highest BCUT2D eigenvalue weighted by molar-refractivity contribution is 6.37. The number of benzene rings is 2. The van der Waals surface area contributed by atoms with Gasteiger partial charge in [0.15, 0.2) is 12.0 Å². The van der Waals surface area contributed by atoms with Gasteiger partial charge < -0.3 is 9.64 Å². The first-order valence-electron chi connectivity index (χ1n) is 7.55. The van der Waals surface area contributed by atoms with Gasteiger partial charge in [0.05, 0.1) is 10.0 Å². The van der Waals surface area contributed by atoms with E-state index in [0.29, 0.717) is 15.8 Å². The standard InChI is InChI=1S/C18H21Cl2NO/c1-3-4-13-21(15-9-6-5-7-10-15)14(2)22-18-16(19)11-8-12-17(18)20/h5-12,14H,3-4,13H2,1-2H3. The molecule has 0 aliphatic rings. The molecule has 118 valence electrons. The summed E-state index contributed by atoms with van der Waals surface area (Å²) in [5.74, 6) is 0.538. The second-order valence-electron chi connectivity index (χ2n) is 5.15. The van der Waals surface area contributed by atoms with E-state index in [9.17, 15) is 0 Å². The first-order valence-corrected chi connectivity index (χ1v) is 8.31. The third kappa shape index (κ3) is 4.31. The largest absolute Gasteiger partial charge is 0.468 e. The van der Waals surface area contributed by atoms with Crippen LogP contribution in [0.3, 0.4) is 0 Å². The van der Waals surface area contributed by atoms with Crippen molar-refractivity contribution in [2.24, 2.45) is 0 Å². The summed E-state index contributed by atoms with van der Waals surface area (Å²) in [7, 11) is 0. The van der Waals surface area contributed by atoms with Gasteiger partial charge in [-0.1, -0.05) is 60.8 Å². The molecule has 4 heteroatoms. The summed E-state index contributed by atoms with van der Waals surface area (Å²) >= 11 is 12.4. The van der Waals surface area contributed by atoms with E-state index in [0.717, 1.165) is 25.1 Å². The monoisotopic (exact) mass is 337 g/mol. The molecule has 0 saturated carbocycles. The average molecular weight is 338 g/mol. The Morgan fingerprint density at radius 1 is 1.00 bits per heavy atom. The molecular weight excluding hydrogens is 317 g/mol. The SMILES string of the molecule is CCCCN(c1ccccc1)C(C)Oc1c(Cl)cccc1Cl. The Hall–Kier alpha value is -1.38. The Morgan fingerprint density at radius 3 is 2.23 bits per heavy atom. The summed E-state index contributed by atoms with van der Waals surface area (Å²) in [4.78, 5) is 2.23. The van der Waals surface area contributed by atoms with Crippen molar-refractivity contribution in [2.45, 2.75) is 32.9 Å². The van der Waals surface area contributed by atoms with Crippen LogP contribution in [0.25, 0.3) is 0 Å². The molecule has 0 spiro atoms. The van der Waals surface area contributed by atoms with Crippen LogP contribution in [0.4, 0.5) is 5.69 Å². The Kier molecular flexibility index (Phi) is 6.41. The molecule has 0 saturated heterocycles. The number of hydrogen-bond acceptors (Lipinski definition) is 2. The van der Waals surface area contributed by atoms with Crippen LogP contribution in [-0.4, -0.2) is 12.8 Å². The zero-order valence-corrected chi connectivity index (χ0v) is 14.4. The van der Waals surface area contributed by atoms with Gasteiger partial charge in [0.2, 0.25) is 0 Å². The second kappa shape index (κ2) is 8.30. The molecule has 2 aromatic carbocycles. The van der Waals surface area contributed by atoms with Crippen molar-refractivity contribution < 1.29 is 4.74 Å². The highest BCUT2D eigenvalue weighted by atomic mass is 35.5. The summed E-state index contributed by atoms with van der Waals surface area (Å²) in [6.07, 6.45) is 2.06. The third-order valence-corrected chi connectivity index (χ3v) is 4.08. The smallest absolute Gasteiger partial charge is 0.169 e. The summed E-state index contributed by atoms with van der Waals surface area (Å²) < 4.78 is 6.05. The van der Waals surface area contributed by atoms with Gasteiger partial charge in [0.1, 0.15) is 0 Å². The molecule has 2 nitrogen and oxygen atoms in total. The van der Waals surface area contributed by atoms with Crippen LogP contribution < -0.4 is 9.64 Å². The molecular formula is C18H21Cl2NO. The predicted molar refractivity (Wildman–Crippen MR) is 95.2 cm³/mol. The van der Waals surface area contributed by atoms with Gasteiger partial charge in [-0.15, -0.1) is 0 Å². The lowest BCUT2D eigenvalue weighted by Gasteiger charge is -2.32. The Bertz CT molecular complexity index is 569. The average Bonchev–Trinajstić information content (AvgIpc) is 2.52. The van der Waals surface area contributed by atoms with E-state index in [1.54, 1.807) is 12.1 Å². The lowest BCUT2D eigenvalue weighted by molar-refractivity contribution is 0.214. The molecule has 0 aliphatic heterocycles. The highest BCUT2D eigenvalue weighted by Crippen LogP contribution is 2.34. The topological polar surface area (TPSA) is 12.5 Å². The first-order chi connectivity index (χ1) is 10.6. The third-order valence-electron chi connectivity index (χ3n) is 3.49. The maximum Gasteiger partial charge on any atom is 0.169 e. The van der Waals surface area contributed by atoms with Crippen molar-refractivity contribution in [3.8, 4) is 5.75 Å². The number of ether oxygens (including phenoxy) is 1. The molecule has 0 fully saturated rings. The van der Waals surface area contributed by atoms with Crippen molar-refractivity contribution in [1.29, 1.82) is 0 Å². The van der Waals surface area contributed by atoms with Crippen LogP contribution in [-0.2, 0) is 0 Å². The Labute approximate surface area is 142 Å². The Morgan fingerprint density at radius 2 is 1.64 bits per heavy atom. The van der Waals surface area contributed by atoms with Crippen molar-refractivity contribution in [3.63, 3.8) is 0 Å². The summed E-state index contributed by atoms with van der Waals surface area (Å²) in [6.45, 7) is 5.12. The Balaban J connectivity index is 2.20. The van der Waals surface area contributed by atoms with Crippen molar-refractivity contribution in [1.82, 2.24) is 0 Å². The van der Waals surface area contributed by atoms with Crippen LogP contribution in [0.2, 0.25) is 10.0 Å². The molecule has 0 aromatic heterocycles. The van der Waals surface area contributed by atoms with E-state index in [1.807, 2.05) is 31.2 Å². The summed E-state index contributed by atoms with van der Waals surface area (Å²) in [5.41, 5.74) is 1.13. The molecule has 0 aliphatic carbocycles. The quantitative estimate of drug-likeness (QED) is 0.572. The molecule has 0 bridgehead atoms. The summed E-state index contributed by atoms with van der Waals surface area (Å²) in [5, 5.41) is 1.06. The van der Waals surface area contributed by atoms with Crippen LogP contribution in [0.5, 0.6) is 5.75 Å². The number of unbranched alkanes of at least 4 members (excludes halogenated alkanes) is 1. The molecule has 22 heavy (non-hydrogen) atoms. The second-order valence-corrected chi connectivity index (χ2v) is 5.96. The van der Waals surface area contributed by atoms with E-state index in [1.165, 1.54) is 0 Å². The van der Waals surface area contributed by atoms with Gasteiger partial charge in [-0.25, -0.2) is 0 Å². The molecule has 0 amide bonds. The van der Waals surface area contributed by atoms with Crippen molar-refractivity contribution in [2.75, 3.05) is 11.4 Å². The fourth-order valence-electron chi connectivity index (χ4n) is 2.30. The van der Waals surface area contributed by atoms with Crippen LogP contribution in [0.15, 0.2) is 48.5 Å². The van der Waals surface area contributed by atoms with Gasteiger partial charge in [-0.3, -0.25) is 0 Å². The minimum atomic E-state index is -0.161. The van der Waals surface area contributed by atoms with E-state index >= 15 is 0 Å². The van der Waals surface area contributed by atoms with Crippen molar-refractivity contribution in [3.05, 3.63) is 58.6 Å². The number of halogens is 2. The molecule has 0 radical (unpaired) electrons. The van der Waals surface area contributed by atoms with E-state index in [-0.39, 0.29) is 6.23 Å². The van der Waals surface area contributed by atoms with Crippen molar-refractivity contribution >= 4 is 28.9 Å². The fourth-order valence-corrected chi connectivity index (χ4v) is 2.78. The van der Waals surface area contributed by atoms with Gasteiger partial charge in [0, 0.05) is 12.2 Å². The van der Waals surface area contributed by atoms with E-state index in [2.05, 4.69) is 24.0 Å². The van der Waals surface area contributed by atoms with Gasteiger partial charge in [0.25, 0.3) is 0 Å². The molecule has 0 N–H and O–H groups in total. The van der Waals surface area contributed by atoms with Gasteiger partial charge >= 0.3 is 0 Å². The first kappa shape index (κ1) is 17.0. The molecule has 2 rings (SSSR count). The number of nitrogens with zero attached hydrogens (tertiary/aromatic N) is 1. The maximum atomic E-state index is 6.20. The molecule has 0 heterocycles. The minimum absolute atomic E-state index is 0.161. The minimum Gasteiger partial charge on any atom is -0.468 e. The number of rotatable bonds is 7. The zero-order valence-electron chi connectivity index (χ0n) is 12.9. The number of para-hydroxylation sites is 2. The van der Waals surface area contributed by atoms with Crippen LogP contribution in [0, 0.1) is 0 Å². The number of anilines is 1. The van der Waals surface area contributed by atoms with Crippen LogP contribution >= 0.6 is 23.2 Å². The maximum absolute atomic E-state index is 6.20. The zero-order chi connectivity index (χ0) is 15.9. The fraction of sp³-hybridized carbons (Fsp3) is 0.333. The van der Waals surface area contributed by atoms with Gasteiger partial charge in [-0.05, 0) is 37.6 Å². The predicted octanol–water partition coefficient (Wildman–Crippen LogP) is 6.02. The lowest BCUT2D eigenvalue weighted by atomic mass is 10.2. The molecule has 2 aromatic rings. The van der Waals surface area contributed by atoms with Gasteiger partial charge in [-0.2, -0.15) is 0 Å². The molecule has 1 atom stereocenters. The number of hydrogen-bond donors (Lipinski definition) is 0. The lowest BCUT2D eigenvalue weighted by Crippen LogP contribution is -2.38. The van der Waals surface area contributed by atoms with Crippen LogP contribution in [0.1, 0.15) is 26.7 Å². The molecule has 1 unspecified atom stereocenters. The van der Waals surface area contributed by atoms with E-state index < -0.39 is 0 Å². The highest BCUT2D eigenvalue weighted by Gasteiger charge is 2.18. The summed E-state index contributed by atoms with van der Waals surface area (Å²) in [6, 6.07) is 15.6. The normalized spacial score (nSPS) is 12.0. The van der Waals surface area contributed by atoms with E-state index in [4.69, 9.17) is 27.9 Å².